The quantitative estimate of drug-likeness (QED) is 0.543. The van der Waals surface area contributed by atoms with Gasteiger partial charge in [0.05, 0.1) is 6.04 Å². The highest BCUT2D eigenvalue weighted by molar-refractivity contribution is 7.82. The average molecular weight is 272 g/mol. The van der Waals surface area contributed by atoms with Crippen molar-refractivity contribution >= 4 is 10.2 Å². The molecule has 5 nitrogen and oxygen atoms in total. The molecule has 7 heteroatoms. The summed E-state index contributed by atoms with van der Waals surface area (Å²) in [4.78, 5) is 0. The largest absolute Gasteiger partial charge is 1.00 e. The molecule has 1 saturated heterocycles. The summed E-state index contributed by atoms with van der Waals surface area (Å²) in [5.41, 5.74) is 0. The Bertz CT molecular complexity index is 306. The molecule has 98 valence electrons. The number of hydrogen-bond donors (Lipinski definition) is 2. The summed E-state index contributed by atoms with van der Waals surface area (Å²) in [5, 5.41) is 3.36. The molecule has 0 aliphatic carbocycles. The van der Waals surface area contributed by atoms with E-state index in [1.807, 2.05) is 0 Å². The van der Waals surface area contributed by atoms with Crippen molar-refractivity contribution in [3.05, 3.63) is 0 Å². The summed E-state index contributed by atoms with van der Waals surface area (Å²) in [5.74, 6) is 0.470. The van der Waals surface area contributed by atoms with E-state index in [4.69, 9.17) is 0 Å². The molecule has 0 aromatic rings. The van der Waals surface area contributed by atoms with E-state index in [9.17, 15) is 8.42 Å². The van der Waals surface area contributed by atoms with Gasteiger partial charge in [0.25, 0.3) is 0 Å². The van der Waals surface area contributed by atoms with Crippen LogP contribution < -0.4 is 22.0 Å². The highest BCUT2D eigenvalue weighted by atomic mass is 35.5. The minimum Gasteiger partial charge on any atom is -1.00 e. The van der Waals surface area contributed by atoms with Crippen LogP contribution in [-0.4, -0.2) is 52.5 Å². The van der Waals surface area contributed by atoms with Crippen LogP contribution in [-0.2, 0) is 10.2 Å². The molecule has 0 aromatic heterocycles. The second kappa shape index (κ2) is 6.16. The Labute approximate surface area is 105 Å². The van der Waals surface area contributed by atoms with Crippen molar-refractivity contribution in [3.63, 3.8) is 0 Å². The first kappa shape index (κ1) is 16.1. The minimum absolute atomic E-state index is 0. The zero-order chi connectivity index (χ0) is 11.6. The van der Waals surface area contributed by atoms with Crippen molar-refractivity contribution in [1.29, 1.82) is 0 Å². The smallest absolute Gasteiger partial charge is 0.370 e. The van der Waals surface area contributed by atoms with E-state index in [2.05, 4.69) is 19.2 Å². The molecule has 1 heterocycles. The zero-order valence-electron chi connectivity index (χ0n) is 10.3. The topological polar surface area (TPSA) is 53.9 Å². The molecule has 0 radical (unpaired) electrons. The summed E-state index contributed by atoms with van der Waals surface area (Å²) >= 11 is 0. The van der Waals surface area contributed by atoms with Gasteiger partial charge in [0.1, 0.15) is 13.1 Å². The second-order valence-corrected chi connectivity index (χ2v) is 6.84. The zero-order valence-corrected chi connectivity index (χ0v) is 11.9. The van der Waals surface area contributed by atoms with E-state index < -0.39 is 10.2 Å². The van der Waals surface area contributed by atoms with Crippen LogP contribution in [0, 0.1) is 5.92 Å². The fraction of sp³-hybridized carbons (Fsp3) is 1.00. The summed E-state index contributed by atoms with van der Waals surface area (Å²) in [6.07, 6.45) is 0. The number of nitrogens with zero attached hydrogens (tertiary/aromatic N) is 1. The molecule has 1 aliphatic heterocycles. The first-order valence-corrected chi connectivity index (χ1v) is 6.80. The molecule has 0 bridgehead atoms. The van der Waals surface area contributed by atoms with Gasteiger partial charge in [-0.05, 0) is 5.92 Å². The van der Waals surface area contributed by atoms with Gasteiger partial charge in [0.15, 0.2) is 0 Å². The summed E-state index contributed by atoms with van der Waals surface area (Å²) < 4.78 is 25.8. The molecule has 0 saturated carbocycles. The molecule has 1 aliphatic rings. The van der Waals surface area contributed by atoms with Crippen molar-refractivity contribution in [2.75, 3.05) is 33.7 Å². The molecule has 16 heavy (non-hydrogen) atoms. The van der Waals surface area contributed by atoms with Gasteiger partial charge in [-0.25, -0.2) is 4.31 Å². The molecule has 0 spiro atoms. The highest BCUT2D eigenvalue weighted by Gasteiger charge is 2.34. The van der Waals surface area contributed by atoms with Crippen LogP contribution in [0.25, 0.3) is 0 Å². The molecule has 0 amide bonds. The molecule has 2 N–H and O–H groups in total. The van der Waals surface area contributed by atoms with E-state index in [0.29, 0.717) is 29.4 Å². The van der Waals surface area contributed by atoms with E-state index in [0.717, 1.165) is 6.54 Å². The number of hydrogen-bond acceptors (Lipinski definition) is 3. The van der Waals surface area contributed by atoms with Crippen LogP contribution in [0.15, 0.2) is 0 Å². The second-order valence-electron chi connectivity index (χ2n) is 4.58. The predicted octanol–water partition coefficient (Wildman–Crippen LogP) is -4.69. The van der Waals surface area contributed by atoms with Crippen LogP contribution >= 0.6 is 0 Å². The Balaban J connectivity index is 0.00000225. The van der Waals surface area contributed by atoms with E-state index in [-0.39, 0.29) is 12.4 Å². The summed E-state index contributed by atoms with van der Waals surface area (Å²) in [7, 11) is 0.0276. The maximum Gasteiger partial charge on any atom is 0.370 e. The maximum atomic E-state index is 11.9. The standard InChI is InChI=1S/C9H21N3O2S.ClH/c1-8(2)9-7-12(6-5-10-9)15(13,14)11(3)4;/h8-10H,5-7H2,1-4H3;1H. The lowest BCUT2D eigenvalue weighted by Gasteiger charge is -2.32. The lowest BCUT2D eigenvalue weighted by molar-refractivity contribution is -0.777. The molecular weight excluding hydrogens is 250 g/mol. The minimum atomic E-state index is -3.16. The molecule has 0 aromatic carbocycles. The maximum absolute atomic E-state index is 11.9. The van der Waals surface area contributed by atoms with Crippen molar-refractivity contribution in [2.45, 2.75) is 19.9 Å². The fourth-order valence-electron chi connectivity index (χ4n) is 1.78. The van der Waals surface area contributed by atoms with Crippen molar-refractivity contribution in [3.8, 4) is 0 Å². The van der Waals surface area contributed by atoms with Crippen LogP contribution in [0.5, 0.6) is 0 Å². The normalized spacial score (nSPS) is 26.9. The van der Waals surface area contributed by atoms with Gasteiger partial charge >= 0.3 is 10.2 Å². The number of halogens is 1. The van der Waals surface area contributed by atoms with Gasteiger partial charge in [-0.2, -0.15) is 12.7 Å². The molecule has 2 unspecified atom stereocenters. The lowest BCUT2D eigenvalue weighted by atomic mass is 10.0. The molecule has 1 fully saturated rings. The van der Waals surface area contributed by atoms with Gasteiger partial charge in [-0.1, -0.05) is 13.8 Å². The van der Waals surface area contributed by atoms with Crippen molar-refractivity contribution in [2.24, 2.45) is 5.92 Å². The third kappa shape index (κ3) is 3.56. The Hall–Kier alpha value is 0.120. The van der Waals surface area contributed by atoms with Gasteiger partial charge in [-0.3, -0.25) is 0 Å². The predicted molar refractivity (Wildman–Crippen MR) is 59.9 cm³/mol. The van der Waals surface area contributed by atoms with E-state index in [1.165, 1.54) is 4.31 Å². The first-order chi connectivity index (χ1) is 6.85. The van der Waals surface area contributed by atoms with E-state index >= 15 is 0 Å². The Morgan fingerprint density at radius 1 is 1.38 bits per heavy atom. The third-order valence-corrected chi connectivity index (χ3v) is 4.97. The number of quaternary nitrogens is 1. The van der Waals surface area contributed by atoms with Crippen LogP contribution in [0.3, 0.4) is 0 Å². The Kier molecular flexibility index (Phi) is 6.21. The third-order valence-electron chi connectivity index (χ3n) is 2.91. The van der Waals surface area contributed by atoms with E-state index in [1.54, 1.807) is 14.1 Å². The molecule has 2 atom stereocenters. The van der Waals surface area contributed by atoms with Crippen LogP contribution in [0.2, 0.25) is 0 Å². The summed E-state index contributed by atoms with van der Waals surface area (Å²) in [6, 6.07) is 0.295. The van der Waals surface area contributed by atoms with Crippen LogP contribution in [0.1, 0.15) is 13.8 Å². The lowest BCUT2D eigenvalue weighted by Crippen LogP contribution is -3.18. The number of piperazine rings is 1. The first-order valence-electron chi connectivity index (χ1n) is 5.36. The van der Waals surface area contributed by atoms with Crippen molar-refractivity contribution < 1.29 is 25.1 Å². The highest BCUT2D eigenvalue weighted by Crippen LogP contribution is 2.01. The monoisotopic (exact) mass is 271 g/mol. The van der Waals surface area contributed by atoms with Gasteiger partial charge in [0, 0.05) is 20.6 Å². The molecular formula is C9H22ClN3O2S. The average Bonchev–Trinajstić information content (AvgIpc) is 2.17. The van der Waals surface area contributed by atoms with Crippen LogP contribution in [0.4, 0.5) is 0 Å². The SMILES string of the molecule is CC(C)C1C[NH+](S(=O)(=O)N(C)C)CCN1.[Cl-]. The van der Waals surface area contributed by atoms with Gasteiger partial charge in [0.2, 0.25) is 0 Å². The molecule has 1 rings (SSSR count). The van der Waals surface area contributed by atoms with Crippen molar-refractivity contribution in [1.82, 2.24) is 9.62 Å². The fourth-order valence-corrected chi connectivity index (χ4v) is 3.05. The van der Waals surface area contributed by atoms with Gasteiger partial charge < -0.3 is 17.7 Å². The number of rotatable bonds is 3. The van der Waals surface area contributed by atoms with Gasteiger partial charge in [-0.15, -0.1) is 0 Å². The number of nitrogens with one attached hydrogen (secondary N) is 2. The summed E-state index contributed by atoms with van der Waals surface area (Å²) in [6.45, 7) is 6.29. The Morgan fingerprint density at radius 3 is 2.38 bits per heavy atom. The Morgan fingerprint density at radius 2 is 1.94 bits per heavy atom.